The molecule has 0 atom stereocenters. The molecule has 25 heavy (non-hydrogen) atoms. The quantitative estimate of drug-likeness (QED) is 0.719. The van der Waals surface area contributed by atoms with Crippen LogP contribution in [-0.4, -0.2) is 18.0 Å². The molecule has 1 aromatic heterocycles. The standard InChI is InChI=1S/C20H20N2O2S/c1-12-6-5-7-17(13(12)2)19(23)22-20-21-18(14(3)25-20)15-8-10-16(24-4)11-9-15/h5-11H,1-4H3,(H,21,22,23). The fraction of sp³-hybridized carbons (Fsp3) is 0.200. The van der Waals surface area contributed by atoms with Crippen molar-refractivity contribution in [3.8, 4) is 17.0 Å². The van der Waals surface area contributed by atoms with Crippen LogP contribution in [0.5, 0.6) is 5.75 Å². The van der Waals surface area contributed by atoms with E-state index in [1.54, 1.807) is 7.11 Å². The summed E-state index contributed by atoms with van der Waals surface area (Å²) in [7, 11) is 1.64. The first-order valence-corrected chi connectivity index (χ1v) is 8.80. The number of hydrogen-bond donors (Lipinski definition) is 1. The van der Waals surface area contributed by atoms with Gasteiger partial charge in [-0.25, -0.2) is 4.98 Å². The highest BCUT2D eigenvalue weighted by atomic mass is 32.1. The molecule has 3 aromatic rings. The minimum Gasteiger partial charge on any atom is -0.497 e. The summed E-state index contributed by atoms with van der Waals surface area (Å²) in [4.78, 5) is 18.2. The van der Waals surface area contributed by atoms with Crippen molar-refractivity contribution in [2.45, 2.75) is 20.8 Å². The van der Waals surface area contributed by atoms with Gasteiger partial charge in [0.1, 0.15) is 5.75 Å². The molecule has 128 valence electrons. The molecule has 0 saturated carbocycles. The van der Waals surface area contributed by atoms with Crippen molar-refractivity contribution in [3.05, 3.63) is 64.0 Å². The Kier molecular flexibility index (Phi) is 4.86. The Labute approximate surface area is 151 Å². The van der Waals surface area contributed by atoms with Crippen LogP contribution in [0.3, 0.4) is 0 Å². The van der Waals surface area contributed by atoms with Crippen LogP contribution >= 0.6 is 11.3 Å². The molecule has 0 saturated heterocycles. The lowest BCUT2D eigenvalue weighted by molar-refractivity contribution is 0.102. The summed E-state index contributed by atoms with van der Waals surface area (Å²) < 4.78 is 5.19. The molecule has 0 spiro atoms. The van der Waals surface area contributed by atoms with E-state index in [0.717, 1.165) is 33.0 Å². The Morgan fingerprint density at radius 3 is 2.48 bits per heavy atom. The maximum absolute atomic E-state index is 12.6. The van der Waals surface area contributed by atoms with Crippen molar-refractivity contribution in [1.82, 2.24) is 4.98 Å². The Balaban J connectivity index is 1.84. The van der Waals surface area contributed by atoms with E-state index in [2.05, 4.69) is 10.3 Å². The zero-order chi connectivity index (χ0) is 18.0. The Hall–Kier alpha value is -2.66. The van der Waals surface area contributed by atoms with E-state index in [1.165, 1.54) is 11.3 Å². The molecule has 0 radical (unpaired) electrons. The molecule has 5 heteroatoms. The van der Waals surface area contributed by atoms with Gasteiger partial charge in [-0.15, -0.1) is 11.3 Å². The molecular weight excluding hydrogens is 332 g/mol. The van der Waals surface area contributed by atoms with Crippen LogP contribution in [0, 0.1) is 20.8 Å². The molecule has 0 fully saturated rings. The highest BCUT2D eigenvalue weighted by Crippen LogP contribution is 2.31. The van der Waals surface area contributed by atoms with E-state index < -0.39 is 0 Å². The number of carbonyl (C=O) groups excluding carboxylic acids is 1. The number of hydrogen-bond acceptors (Lipinski definition) is 4. The van der Waals surface area contributed by atoms with Crippen molar-refractivity contribution in [2.24, 2.45) is 0 Å². The molecule has 1 amide bonds. The zero-order valence-corrected chi connectivity index (χ0v) is 15.5. The number of thiazole rings is 1. The predicted molar refractivity (Wildman–Crippen MR) is 103 cm³/mol. The van der Waals surface area contributed by atoms with Gasteiger partial charge in [-0.1, -0.05) is 12.1 Å². The van der Waals surface area contributed by atoms with E-state index in [0.29, 0.717) is 10.7 Å². The fourth-order valence-electron chi connectivity index (χ4n) is 2.63. The minimum absolute atomic E-state index is 0.128. The molecule has 0 bridgehead atoms. The van der Waals surface area contributed by atoms with Crippen LogP contribution in [0.4, 0.5) is 5.13 Å². The summed E-state index contributed by atoms with van der Waals surface area (Å²) in [5.41, 5.74) is 4.65. The molecule has 1 N–H and O–H groups in total. The number of anilines is 1. The fourth-order valence-corrected chi connectivity index (χ4v) is 3.46. The van der Waals surface area contributed by atoms with Gasteiger partial charge in [0, 0.05) is 16.0 Å². The van der Waals surface area contributed by atoms with E-state index in [-0.39, 0.29) is 5.91 Å². The predicted octanol–water partition coefficient (Wildman–Crippen LogP) is 5.00. The van der Waals surface area contributed by atoms with Crippen molar-refractivity contribution >= 4 is 22.4 Å². The van der Waals surface area contributed by atoms with Gasteiger partial charge in [0.05, 0.1) is 12.8 Å². The molecule has 4 nitrogen and oxygen atoms in total. The van der Waals surface area contributed by atoms with Crippen LogP contribution in [0.1, 0.15) is 26.4 Å². The van der Waals surface area contributed by atoms with Crippen molar-refractivity contribution in [3.63, 3.8) is 0 Å². The number of carbonyl (C=O) groups is 1. The number of rotatable bonds is 4. The number of aromatic nitrogens is 1. The third kappa shape index (κ3) is 3.56. The molecular formula is C20H20N2O2S. The molecule has 0 aliphatic carbocycles. The lowest BCUT2D eigenvalue weighted by Gasteiger charge is -2.07. The van der Waals surface area contributed by atoms with Gasteiger partial charge >= 0.3 is 0 Å². The summed E-state index contributed by atoms with van der Waals surface area (Å²) in [6.45, 7) is 5.96. The van der Waals surface area contributed by atoms with Gasteiger partial charge in [-0.3, -0.25) is 10.1 Å². The highest BCUT2D eigenvalue weighted by Gasteiger charge is 2.15. The lowest BCUT2D eigenvalue weighted by Crippen LogP contribution is -2.13. The number of benzene rings is 2. The summed E-state index contributed by atoms with van der Waals surface area (Å²) in [5, 5.41) is 3.53. The Morgan fingerprint density at radius 2 is 1.80 bits per heavy atom. The summed E-state index contributed by atoms with van der Waals surface area (Å²) >= 11 is 1.48. The van der Waals surface area contributed by atoms with E-state index in [4.69, 9.17) is 4.74 Å². The van der Waals surface area contributed by atoms with Crippen molar-refractivity contribution < 1.29 is 9.53 Å². The average molecular weight is 352 g/mol. The van der Waals surface area contributed by atoms with Crippen LogP contribution in [0.2, 0.25) is 0 Å². The number of nitrogens with zero attached hydrogens (tertiary/aromatic N) is 1. The molecule has 0 aliphatic rings. The number of methoxy groups -OCH3 is 1. The number of ether oxygens (including phenoxy) is 1. The second-order valence-electron chi connectivity index (χ2n) is 5.85. The van der Waals surface area contributed by atoms with E-state index >= 15 is 0 Å². The topological polar surface area (TPSA) is 51.2 Å². The maximum Gasteiger partial charge on any atom is 0.257 e. The first-order chi connectivity index (χ1) is 12.0. The Bertz CT molecular complexity index is 914. The summed E-state index contributed by atoms with van der Waals surface area (Å²) in [6, 6.07) is 13.5. The summed E-state index contributed by atoms with van der Waals surface area (Å²) in [5.74, 6) is 0.677. The monoisotopic (exact) mass is 352 g/mol. The third-order valence-corrected chi connectivity index (χ3v) is 5.12. The van der Waals surface area contributed by atoms with Crippen LogP contribution < -0.4 is 10.1 Å². The van der Waals surface area contributed by atoms with Crippen LogP contribution in [0.15, 0.2) is 42.5 Å². The van der Waals surface area contributed by atoms with Gasteiger partial charge in [0.2, 0.25) is 0 Å². The molecule has 0 aliphatic heterocycles. The SMILES string of the molecule is COc1ccc(-c2nc(NC(=O)c3cccc(C)c3C)sc2C)cc1. The average Bonchev–Trinajstić information content (AvgIpc) is 2.97. The molecule has 1 heterocycles. The van der Waals surface area contributed by atoms with E-state index in [1.807, 2.05) is 63.2 Å². The largest absolute Gasteiger partial charge is 0.497 e. The van der Waals surface area contributed by atoms with Crippen molar-refractivity contribution in [2.75, 3.05) is 12.4 Å². The van der Waals surface area contributed by atoms with Crippen molar-refractivity contribution in [1.29, 1.82) is 0 Å². The Morgan fingerprint density at radius 1 is 1.08 bits per heavy atom. The van der Waals surface area contributed by atoms with Gasteiger partial charge < -0.3 is 4.74 Å². The first kappa shape index (κ1) is 17.2. The number of aryl methyl sites for hydroxylation is 2. The molecule has 0 unspecified atom stereocenters. The maximum atomic E-state index is 12.6. The van der Waals surface area contributed by atoms with E-state index in [9.17, 15) is 4.79 Å². The van der Waals surface area contributed by atoms with Gasteiger partial charge in [-0.2, -0.15) is 0 Å². The smallest absolute Gasteiger partial charge is 0.257 e. The first-order valence-electron chi connectivity index (χ1n) is 7.99. The van der Waals surface area contributed by atoms with Gasteiger partial charge in [-0.05, 0) is 62.2 Å². The molecule has 2 aromatic carbocycles. The number of amides is 1. The van der Waals surface area contributed by atoms with Gasteiger partial charge in [0.15, 0.2) is 5.13 Å². The van der Waals surface area contributed by atoms with Gasteiger partial charge in [0.25, 0.3) is 5.91 Å². The van der Waals surface area contributed by atoms with Crippen LogP contribution in [-0.2, 0) is 0 Å². The zero-order valence-electron chi connectivity index (χ0n) is 14.7. The second-order valence-corrected chi connectivity index (χ2v) is 7.06. The molecule has 3 rings (SSSR count). The highest BCUT2D eigenvalue weighted by molar-refractivity contribution is 7.16. The number of nitrogens with one attached hydrogen (secondary N) is 1. The lowest BCUT2D eigenvalue weighted by atomic mass is 10.0. The normalized spacial score (nSPS) is 10.6. The second kappa shape index (κ2) is 7.07. The van der Waals surface area contributed by atoms with Crippen LogP contribution in [0.25, 0.3) is 11.3 Å². The third-order valence-electron chi connectivity index (χ3n) is 4.23. The minimum atomic E-state index is -0.128. The summed E-state index contributed by atoms with van der Waals surface area (Å²) in [6.07, 6.45) is 0.